The van der Waals surface area contributed by atoms with Crippen LogP contribution >= 0.6 is 0 Å². The van der Waals surface area contributed by atoms with Crippen LogP contribution in [0.15, 0.2) is 72.8 Å². The molecule has 3 aromatic rings. The number of hydrogen-bond acceptors (Lipinski definition) is 5. The number of non-ortho nitro benzene ring substituents is 1. The van der Waals surface area contributed by atoms with Gasteiger partial charge < -0.3 is 0 Å². The van der Waals surface area contributed by atoms with Crippen molar-refractivity contribution in [1.82, 2.24) is 0 Å². The Morgan fingerprint density at radius 2 is 1.21 bits per heavy atom. The number of nitro groups is 2. The molecule has 0 saturated carbocycles. The molecule has 0 aliphatic rings. The summed E-state index contributed by atoms with van der Waals surface area (Å²) in [6.07, 6.45) is 0. The third kappa shape index (κ3) is 8.31. The van der Waals surface area contributed by atoms with Crippen molar-refractivity contribution in [3.05, 3.63) is 116 Å². The molecular weight excluding hydrogens is 391 g/mol. The van der Waals surface area contributed by atoms with Gasteiger partial charge in [0, 0.05) is 18.2 Å². The minimum absolute atomic E-state index is 0.0959. The molecule has 3 rings (SSSR count). The number of halogens is 3. The predicted molar refractivity (Wildman–Crippen MR) is 97.2 cm³/mol. The first-order valence-corrected chi connectivity index (χ1v) is 7.69. The summed E-state index contributed by atoms with van der Waals surface area (Å²) in [4.78, 5) is 18.7. The molecule has 0 bridgehead atoms. The van der Waals surface area contributed by atoms with Crippen molar-refractivity contribution in [2.24, 2.45) is 0 Å². The highest BCUT2D eigenvalue weighted by molar-refractivity contribution is 5.31. The minimum atomic E-state index is -0.799. The van der Waals surface area contributed by atoms with Crippen LogP contribution in [0.1, 0.15) is 5.56 Å². The number of rotatable bonds is 2. The molecule has 0 heterocycles. The van der Waals surface area contributed by atoms with Crippen LogP contribution in [0.4, 0.5) is 24.5 Å². The molecule has 0 saturated heterocycles. The Labute approximate surface area is 162 Å². The Kier molecular flexibility index (Phi) is 9.00. The summed E-state index contributed by atoms with van der Waals surface area (Å²) in [6.45, 7) is 0. The van der Waals surface area contributed by atoms with E-state index in [4.69, 9.17) is 5.26 Å². The molecule has 0 amide bonds. The first kappa shape index (κ1) is 22.8. The highest BCUT2D eigenvalue weighted by Gasteiger charge is 2.10. The molecular formula is C19H12F3N3O4. The fourth-order valence-corrected chi connectivity index (χ4v) is 1.69. The molecule has 0 aromatic heterocycles. The molecule has 0 atom stereocenters. The number of nitrogens with zero attached hydrogens (tertiary/aromatic N) is 3. The maximum Gasteiger partial charge on any atom is 0.304 e. The number of benzene rings is 3. The standard InChI is InChI=1S/C7H4FN.2C6H4FNO2/c8-7-3-1-6(5-9)2-4-7;7-5-1-3-6(4-2-5)8(9)10;7-5-3-1-2-4-6(5)8(9)10/h1-4H;2*1-4H. The summed E-state index contributed by atoms with van der Waals surface area (Å²) in [5.41, 5.74) is -0.0969. The summed E-state index contributed by atoms with van der Waals surface area (Å²) >= 11 is 0. The highest BCUT2D eigenvalue weighted by atomic mass is 19.1. The van der Waals surface area contributed by atoms with Gasteiger partial charge in [0.1, 0.15) is 11.6 Å². The first-order chi connectivity index (χ1) is 13.7. The van der Waals surface area contributed by atoms with Crippen molar-refractivity contribution in [1.29, 1.82) is 5.26 Å². The van der Waals surface area contributed by atoms with E-state index in [0.717, 1.165) is 36.4 Å². The third-order valence-electron chi connectivity index (χ3n) is 3.06. The van der Waals surface area contributed by atoms with E-state index in [0.29, 0.717) is 5.56 Å². The average Bonchev–Trinajstić information content (AvgIpc) is 2.70. The second-order valence-corrected chi connectivity index (χ2v) is 5.06. The molecule has 0 unspecified atom stereocenters. The van der Waals surface area contributed by atoms with Crippen LogP contribution in [-0.4, -0.2) is 9.85 Å². The molecule has 10 heteroatoms. The van der Waals surface area contributed by atoms with E-state index in [1.54, 1.807) is 0 Å². The van der Waals surface area contributed by atoms with E-state index in [9.17, 15) is 33.4 Å². The number of para-hydroxylation sites is 1. The average molecular weight is 403 g/mol. The zero-order valence-electron chi connectivity index (χ0n) is 14.5. The fraction of sp³-hybridized carbons (Fsp3) is 0. The van der Waals surface area contributed by atoms with Gasteiger partial charge in [0.2, 0.25) is 5.82 Å². The van der Waals surface area contributed by atoms with Crippen molar-refractivity contribution in [2.45, 2.75) is 0 Å². The quantitative estimate of drug-likeness (QED) is 0.433. The van der Waals surface area contributed by atoms with Gasteiger partial charge in [-0.2, -0.15) is 9.65 Å². The van der Waals surface area contributed by atoms with Gasteiger partial charge in [-0.25, -0.2) is 8.78 Å². The van der Waals surface area contributed by atoms with Crippen molar-refractivity contribution in [3.63, 3.8) is 0 Å². The summed E-state index contributed by atoms with van der Waals surface area (Å²) < 4.78 is 36.6. The Morgan fingerprint density at radius 3 is 1.59 bits per heavy atom. The fourth-order valence-electron chi connectivity index (χ4n) is 1.69. The molecule has 0 fully saturated rings. The van der Waals surface area contributed by atoms with Gasteiger partial charge in [0.15, 0.2) is 0 Å². The molecule has 7 nitrogen and oxygen atoms in total. The molecule has 0 aliphatic carbocycles. The Bertz CT molecular complexity index is 1000. The Hall–Kier alpha value is -4.26. The molecule has 148 valence electrons. The number of nitro benzene ring substituents is 2. The van der Waals surface area contributed by atoms with Crippen LogP contribution < -0.4 is 0 Å². The van der Waals surface area contributed by atoms with Crippen molar-refractivity contribution in [2.75, 3.05) is 0 Å². The van der Waals surface area contributed by atoms with Crippen LogP contribution in [0.5, 0.6) is 0 Å². The molecule has 3 aromatic carbocycles. The van der Waals surface area contributed by atoms with Crippen LogP contribution in [0, 0.1) is 49.0 Å². The minimum Gasteiger partial charge on any atom is -0.258 e. The van der Waals surface area contributed by atoms with Gasteiger partial charge in [0.25, 0.3) is 5.69 Å². The first-order valence-electron chi connectivity index (χ1n) is 7.69. The van der Waals surface area contributed by atoms with Crippen LogP contribution in [0.2, 0.25) is 0 Å². The normalized spacial score (nSPS) is 9.03. The van der Waals surface area contributed by atoms with Crippen molar-refractivity contribution >= 4 is 11.4 Å². The van der Waals surface area contributed by atoms with Gasteiger partial charge in [-0.15, -0.1) is 0 Å². The van der Waals surface area contributed by atoms with Crippen LogP contribution in [0.25, 0.3) is 0 Å². The lowest BCUT2D eigenvalue weighted by Crippen LogP contribution is -1.90. The second kappa shape index (κ2) is 11.5. The zero-order valence-corrected chi connectivity index (χ0v) is 14.5. The van der Waals surface area contributed by atoms with E-state index in [2.05, 4.69) is 0 Å². The van der Waals surface area contributed by atoms with Gasteiger partial charge >= 0.3 is 5.69 Å². The lowest BCUT2D eigenvalue weighted by atomic mass is 10.2. The third-order valence-corrected chi connectivity index (χ3v) is 3.06. The van der Waals surface area contributed by atoms with E-state index in [1.165, 1.54) is 36.4 Å². The van der Waals surface area contributed by atoms with Crippen LogP contribution in [0.3, 0.4) is 0 Å². The lowest BCUT2D eigenvalue weighted by Gasteiger charge is -1.89. The molecule has 29 heavy (non-hydrogen) atoms. The van der Waals surface area contributed by atoms with Gasteiger partial charge in [-0.1, -0.05) is 12.1 Å². The maximum atomic E-state index is 12.4. The summed E-state index contributed by atoms with van der Waals surface area (Å²) in [5.74, 6) is -1.58. The number of nitriles is 1. The molecule has 0 N–H and O–H groups in total. The zero-order chi connectivity index (χ0) is 21.8. The predicted octanol–water partition coefficient (Wildman–Crippen LogP) is 5.17. The van der Waals surface area contributed by atoms with Gasteiger partial charge in [0.05, 0.1) is 21.5 Å². The monoisotopic (exact) mass is 403 g/mol. The maximum absolute atomic E-state index is 12.4. The van der Waals surface area contributed by atoms with Gasteiger partial charge in [-0.05, 0) is 42.5 Å². The van der Waals surface area contributed by atoms with E-state index in [-0.39, 0.29) is 11.5 Å². The van der Waals surface area contributed by atoms with E-state index >= 15 is 0 Å². The van der Waals surface area contributed by atoms with Crippen molar-refractivity contribution in [3.8, 4) is 6.07 Å². The smallest absolute Gasteiger partial charge is 0.258 e. The Morgan fingerprint density at radius 1 is 0.724 bits per heavy atom. The van der Waals surface area contributed by atoms with Gasteiger partial charge in [-0.3, -0.25) is 20.2 Å². The summed E-state index contributed by atoms with van der Waals surface area (Å²) in [7, 11) is 0. The number of hydrogen-bond donors (Lipinski definition) is 0. The SMILES string of the molecule is N#Cc1ccc(F)cc1.O=[N+]([O-])c1ccc(F)cc1.O=[N+]([O-])c1ccccc1F. The van der Waals surface area contributed by atoms with Crippen molar-refractivity contribution < 1.29 is 23.0 Å². The topological polar surface area (TPSA) is 110 Å². The van der Waals surface area contributed by atoms with E-state index < -0.39 is 27.2 Å². The molecule has 0 radical (unpaired) electrons. The Balaban J connectivity index is 0.000000218. The lowest BCUT2D eigenvalue weighted by molar-refractivity contribution is -0.387. The highest BCUT2D eigenvalue weighted by Crippen LogP contribution is 2.14. The second-order valence-electron chi connectivity index (χ2n) is 5.06. The van der Waals surface area contributed by atoms with E-state index in [1.807, 2.05) is 6.07 Å². The summed E-state index contributed by atoms with van der Waals surface area (Å²) in [5, 5.41) is 28.2. The van der Waals surface area contributed by atoms with Crippen LogP contribution in [-0.2, 0) is 0 Å². The molecule has 0 aliphatic heterocycles. The summed E-state index contributed by atoms with van der Waals surface area (Å²) in [6, 6.07) is 16.6. The largest absolute Gasteiger partial charge is 0.304 e. The molecule has 0 spiro atoms.